The Morgan fingerprint density at radius 1 is 1.29 bits per heavy atom. The van der Waals surface area contributed by atoms with Crippen LogP contribution in [0, 0.1) is 5.41 Å². The molecule has 112 valence electrons. The Kier molecular flexibility index (Phi) is 4.52. The molecule has 0 aliphatic rings. The van der Waals surface area contributed by atoms with Gasteiger partial charge in [0.05, 0.1) is 13.2 Å². The van der Waals surface area contributed by atoms with Crippen molar-refractivity contribution in [2.75, 3.05) is 6.61 Å². The lowest BCUT2D eigenvalue weighted by Crippen LogP contribution is -2.37. The van der Waals surface area contributed by atoms with E-state index in [1.807, 2.05) is 35.0 Å². The summed E-state index contributed by atoms with van der Waals surface area (Å²) in [5.74, 6) is -0.647. The van der Waals surface area contributed by atoms with Crippen LogP contribution in [0.2, 0.25) is 0 Å². The lowest BCUT2D eigenvalue weighted by molar-refractivity contribution is -0.158. The Hall–Kier alpha value is -1.62. The number of benzene rings is 1. The topological polar surface area (TPSA) is 48.3 Å². The molecule has 21 heavy (non-hydrogen) atoms. The van der Waals surface area contributed by atoms with Crippen LogP contribution in [-0.4, -0.2) is 22.9 Å². The van der Waals surface area contributed by atoms with Gasteiger partial charge in [0.2, 0.25) is 0 Å². The number of hydrogen-bond acceptors (Lipinski definition) is 3. The van der Waals surface area contributed by atoms with Crippen molar-refractivity contribution in [3.05, 3.63) is 34.9 Å². The first-order valence-corrected chi connectivity index (χ1v) is 7.61. The summed E-state index contributed by atoms with van der Waals surface area (Å²) in [5, 5.41) is 1.04. The van der Waals surface area contributed by atoms with E-state index in [0.29, 0.717) is 0 Å². The van der Waals surface area contributed by atoms with Gasteiger partial charge in [-0.05, 0) is 39.0 Å². The lowest BCUT2D eigenvalue weighted by atomic mass is 9.88. The molecule has 4 nitrogen and oxygen atoms in total. The van der Waals surface area contributed by atoms with E-state index in [0.717, 1.165) is 15.4 Å². The normalized spacial score (nSPS) is 11.6. The molecule has 0 spiro atoms. The van der Waals surface area contributed by atoms with Crippen molar-refractivity contribution in [3.8, 4) is 0 Å². The monoisotopic (exact) mass is 351 g/mol. The van der Waals surface area contributed by atoms with Crippen LogP contribution in [0.3, 0.4) is 0 Å². The molecule has 0 unspecified atom stereocenters. The molecule has 1 aromatic heterocycles. The first kappa shape index (κ1) is 15.8. The van der Waals surface area contributed by atoms with E-state index < -0.39 is 11.4 Å². The number of rotatable bonds is 5. The number of nitrogens with zero attached hydrogens (tertiary/aromatic N) is 1. The first-order valence-electron chi connectivity index (χ1n) is 6.81. The van der Waals surface area contributed by atoms with Gasteiger partial charge in [0.15, 0.2) is 5.78 Å². The molecular weight excluding hydrogens is 334 g/mol. The number of aromatic nitrogens is 1. The predicted molar refractivity (Wildman–Crippen MR) is 85.1 cm³/mol. The maximum absolute atomic E-state index is 12.4. The first-order chi connectivity index (χ1) is 9.87. The highest BCUT2D eigenvalue weighted by Crippen LogP contribution is 2.26. The van der Waals surface area contributed by atoms with E-state index in [2.05, 4.69) is 15.9 Å². The van der Waals surface area contributed by atoms with Crippen molar-refractivity contribution in [1.82, 2.24) is 4.57 Å². The molecule has 2 aromatic rings. The SMILES string of the molecule is CCOC(=O)C(C)(C)C(=O)Cn1ccc2c(Br)cccc21. The summed E-state index contributed by atoms with van der Waals surface area (Å²) in [5.41, 5.74) is -0.184. The highest BCUT2D eigenvalue weighted by Gasteiger charge is 2.37. The largest absolute Gasteiger partial charge is 0.465 e. The van der Waals surface area contributed by atoms with E-state index in [1.165, 1.54) is 0 Å². The minimum Gasteiger partial charge on any atom is -0.465 e. The zero-order valence-corrected chi connectivity index (χ0v) is 13.9. The van der Waals surface area contributed by atoms with Crippen LogP contribution in [0.1, 0.15) is 20.8 Å². The molecule has 0 aliphatic heterocycles. The summed E-state index contributed by atoms with van der Waals surface area (Å²) in [7, 11) is 0. The third kappa shape index (κ3) is 3.02. The fraction of sp³-hybridized carbons (Fsp3) is 0.375. The molecule has 0 fully saturated rings. The molecule has 0 bridgehead atoms. The van der Waals surface area contributed by atoms with Crippen LogP contribution in [0.4, 0.5) is 0 Å². The number of fused-ring (bicyclic) bond motifs is 1. The highest BCUT2D eigenvalue weighted by atomic mass is 79.9. The molecular formula is C16H18BrNO3. The van der Waals surface area contributed by atoms with Crippen molar-refractivity contribution in [3.63, 3.8) is 0 Å². The lowest BCUT2D eigenvalue weighted by Gasteiger charge is -2.21. The molecule has 0 amide bonds. The molecule has 2 rings (SSSR count). The highest BCUT2D eigenvalue weighted by molar-refractivity contribution is 9.10. The molecule has 0 radical (unpaired) electrons. The quantitative estimate of drug-likeness (QED) is 0.611. The number of ether oxygens (including phenoxy) is 1. The zero-order valence-electron chi connectivity index (χ0n) is 12.4. The van der Waals surface area contributed by atoms with Crippen molar-refractivity contribution < 1.29 is 14.3 Å². The second kappa shape index (κ2) is 6.02. The van der Waals surface area contributed by atoms with Crippen LogP contribution in [-0.2, 0) is 20.9 Å². The third-order valence-electron chi connectivity index (χ3n) is 3.56. The van der Waals surface area contributed by atoms with Gasteiger partial charge in [-0.15, -0.1) is 0 Å². The average molecular weight is 352 g/mol. The van der Waals surface area contributed by atoms with Crippen molar-refractivity contribution in [2.45, 2.75) is 27.3 Å². The van der Waals surface area contributed by atoms with Crippen molar-refractivity contribution in [1.29, 1.82) is 0 Å². The number of Topliss-reactive ketones (excluding diaryl/α,β-unsaturated/α-hetero) is 1. The van der Waals surface area contributed by atoms with Gasteiger partial charge in [-0.1, -0.05) is 22.0 Å². The molecule has 0 saturated carbocycles. The molecule has 0 aliphatic carbocycles. The third-order valence-corrected chi connectivity index (χ3v) is 4.25. The predicted octanol–water partition coefficient (Wildman–Crippen LogP) is 3.56. The summed E-state index contributed by atoms with van der Waals surface area (Å²) in [4.78, 5) is 24.3. The van der Waals surface area contributed by atoms with Crippen LogP contribution in [0.5, 0.6) is 0 Å². The minimum absolute atomic E-state index is 0.145. The van der Waals surface area contributed by atoms with Gasteiger partial charge in [0.1, 0.15) is 5.41 Å². The fourth-order valence-electron chi connectivity index (χ4n) is 2.10. The van der Waals surface area contributed by atoms with E-state index >= 15 is 0 Å². The van der Waals surface area contributed by atoms with Gasteiger partial charge < -0.3 is 9.30 Å². The Balaban J connectivity index is 2.26. The van der Waals surface area contributed by atoms with Crippen molar-refractivity contribution in [2.24, 2.45) is 5.41 Å². The second-order valence-corrected chi connectivity index (χ2v) is 6.24. The maximum atomic E-state index is 12.4. The Bertz CT molecular complexity index is 688. The van der Waals surface area contributed by atoms with Crippen LogP contribution in [0.15, 0.2) is 34.9 Å². The van der Waals surface area contributed by atoms with Crippen molar-refractivity contribution >= 4 is 38.6 Å². The maximum Gasteiger partial charge on any atom is 0.319 e. The summed E-state index contributed by atoms with van der Waals surface area (Å²) in [6.45, 7) is 5.36. The fourth-order valence-corrected chi connectivity index (χ4v) is 2.59. The second-order valence-electron chi connectivity index (χ2n) is 5.38. The van der Waals surface area contributed by atoms with E-state index in [4.69, 9.17) is 4.74 Å². The van der Waals surface area contributed by atoms with E-state index in [-0.39, 0.29) is 18.9 Å². The van der Waals surface area contributed by atoms with Gasteiger partial charge in [0, 0.05) is 21.6 Å². The van der Waals surface area contributed by atoms with E-state index in [9.17, 15) is 9.59 Å². The molecule has 0 N–H and O–H groups in total. The van der Waals surface area contributed by atoms with Gasteiger partial charge >= 0.3 is 5.97 Å². The smallest absolute Gasteiger partial charge is 0.319 e. The Morgan fingerprint density at radius 2 is 2.00 bits per heavy atom. The Morgan fingerprint density at radius 3 is 2.67 bits per heavy atom. The van der Waals surface area contributed by atoms with Gasteiger partial charge in [-0.3, -0.25) is 9.59 Å². The number of halogens is 1. The number of carbonyl (C=O) groups is 2. The molecule has 1 heterocycles. The summed E-state index contributed by atoms with van der Waals surface area (Å²) >= 11 is 3.49. The number of carbonyl (C=O) groups excluding carboxylic acids is 2. The summed E-state index contributed by atoms with van der Waals surface area (Å²) < 4.78 is 7.81. The van der Waals surface area contributed by atoms with Crippen LogP contribution in [0.25, 0.3) is 10.9 Å². The van der Waals surface area contributed by atoms with Crippen LogP contribution < -0.4 is 0 Å². The number of esters is 1. The number of hydrogen-bond donors (Lipinski definition) is 0. The Labute approximate surface area is 132 Å². The van der Waals surface area contributed by atoms with Crippen LogP contribution >= 0.6 is 15.9 Å². The van der Waals surface area contributed by atoms with Gasteiger partial charge in [-0.25, -0.2) is 0 Å². The van der Waals surface area contributed by atoms with E-state index in [1.54, 1.807) is 20.8 Å². The molecule has 5 heteroatoms. The molecule has 0 saturated heterocycles. The van der Waals surface area contributed by atoms with Gasteiger partial charge in [0.25, 0.3) is 0 Å². The molecule has 1 aromatic carbocycles. The van der Waals surface area contributed by atoms with Gasteiger partial charge in [-0.2, -0.15) is 0 Å². The standard InChI is InChI=1S/C16H18BrNO3/c1-4-21-15(20)16(2,3)14(19)10-18-9-8-11-12(17)6-5-7-13(11)18/h5-9H,4,10H2,1-3H3. The molecule has 0 atom stereocenters. The average Bonchev–Trinajstić information content (AvgIpc) is 2.83. The number of ketones is 1. The summed E-state index contributed by atoms with van der Waals surface area (Å²) in [6, 6.07) is 7.77. The zero-order chi connectivity index (χ0) is 15.6. The minimum atomic E-state index is -1.14. The summed E-state index contributed by atoms with van der Waals surface area (Å²) in [6.07, 6.45) is 1.86.